The van der Waals surface area contributed by atoms with Gasteiger partial charge in [0.2, 0.25) is 5.91 Å². The van der Waals surface area contributed by atoms with Gasteiger partial charge in [-0.25, -0.2) is 14.5 Å². The fourth-order valence-corrected chi connectivity index (χ4v) is 3.78. The van der Waals surface area contributed by atoms with Crippen molar-refractivity contribution in [2.45, 2.75) is 13.0 Å². The number of carbonyl (C=O) groups is 1. The van der Waals surface area contributed by atoms with Crippen LogP contribution in [0, 0.1) is 15.9 Å². The normalized spacial score (nSPS) is 11.1. The zero-order valence-electron chi connectivity index (χ0n) is 18.0. The Morgan fingerprint density at radius 3 is 2.66 bits per heavy atom. The Balaban J connectivity index is 1.58. The first kappa shape index (κ1) is 23.9. The maximum Gasteiger partial charge on any atom is 0.274 e. The molecule has 0 radical (unpaired) electrons. The van der Waals surface area contributed by atoms with Crippen LogP contribution in [0.15, 0.2) is 81.1 Å². The first-order chi connectivity index (χ1) is 16.8. The number of aromatic nitrogens is 2. The van der Waals surface area contributed by atoms with Crippen molar-refractivity contribution in [1.82, 2.24) is 15.2 Å². The number of nitrogens with zero attached hydrogens (tertiary/aromatic N) is 4. The number of carbonyl (C=O) groups excluding carboxylic acids is 1. The smallest absolute Gasteiger partial charge is 0.273 e. The van der Waals surface area contributed by atoms with Gasteiger partial charge in [0, 0.05) is 33.1 Å². The average Bonchev–Trinajstić information content (AvgIpc) is 2.84. The number of nitro benzene ring substituents is 1. The standard InChI is InChI=1S/C24H17BrFN5O4/c25-17-9-8-16(21(26)11-17)14-30-24(33)20-7-2-1-6-19(20)22(29-30)12-23(32)28-27-13-15-4-3-5-18(10-15)31(34)35/h1-11,13H,12,14H2,(H,28,32)/b27-13+. The van der Waals surface area contributed by atoms with Crippen molar-refractivity contribution in [3.63, 3.8) is 0 Å². The summed E-state index contributed by atoms with van der Waals surface area (Å²) in [6, 6.07) is 17.0. The summed E-state index contributed by atoms with van der Waals surface area (Å²) in [6.07, 6.45) is 1.09. The number of non-ortho nitro benzene ring substituents is 1. The Bertz CT molecular complexity index is 1540. The molecule has 176 valence electrons. The molecule has 3 aromatic carbocycles. The van der Waals surface area contributed by atoms with Crippen molar-refractivity contribution in [3.05, 3.63) is 114 Å². The van der Waals surface area contributed by atoms with Gasteiger partial charge in [0.1, 0.15) is 5.82 Å². The molecule has 0 atom stereocenters. The Morgan fingerprint density at radius 1 is 1.14 bits per heavy atom. The molecule has 0 bridgehead atoms. The molecule has 0 spiro atoms. The lowest BCUT2D eigenvalue weighted by atomic mass is 10.1. The fourth-order valence-electron chi connectivity index (χ4n) is 3.44. The van der Waals surface area contributed by atoms with Gasteiger partial charge in [-0.2, -0.15) is 10.2 Å². The molecule has 4 aromatic rings. The van der Waals surface area contributed by atoms with E-state index in [1.54, 1.807) is 42.5 Å². The van der Waals surface area contributed by atoms with Gasteiger partial charge in [0.05, 0.1) is 35.2 Å². The molecule has 0 saturated carbocycles. The van der Waals surface area contributed by atoms with Crippen LogP contribution in [0.1, 0.15) is 16.8 Å². The number of rotatable bonds is 7. The molecular formula is C24H17BrFN5O4. The number of nitrogens with one attached hydrogen (secondary N) is 1. The Morgan fingerprint density at radius 2 is 1.91 bits per heavy atom. The molecule has 11 heteroatoms. The number of hydrogen-bond acceptors (Lipinski definition) is 6. The summed E-state index contributed by atoms with van der Waals surface area (Å²) in [6.45, 7) is -0.109. The minimum absolute atomic E-state index is 0.0968. The van der Waals surface area contributed by atoms with Gasteiger partial charge in [-0.3, -0.25) is 19.7 Å². The fraction of sp³-hybridized carbons (Fsp3) is 0.0833. The molecule has 1 amide bonds. The van der Waals surface area contributed by atoms with Crippen LogP contribution in [0.3, 0.4) is 0 Å². The van der Waals surface area contributed by atoms with E-state index in [2.05, 4.69) is 31.6 Å². The summed E-state index contributed by atoms with van der Waals surface area (Å²) in [5, 5.41) is 19.9. The van der Waals surface area contributed by atoms with E-state index in [9.17, 15) is 24.1 Å². The molecule has 1 N–H and O–H groups in total. The second-order valence-electron chi connectivity index (χ2n) is 7.51. The van der Waals surface area contributed by atoms with Gasteiger partial charge in [-0.1, -0.05) is 52.3 Å². The Kier molecular flexibility index (Phi) is 7.06. The van der Waals surface area contributed by atoms with Crippen LogP contribution in [0.4, 0.5) is 10.1 Å². The topological polar surface area (TPSA) is 119 Å². The van der Waals surface area contributed by atoms with E-state index in [0.717, 1.165) is 4.68 Å². The maximum atomic E-state index is 14.4. The van der Waals surface area contributed by atoms with Crippen LogP contribution in [-0.2, 0) is 17.8 Å². The number of nitro groups is 1. The van der Waals surface area contributed by atoms with Gasteiger partial charge in [-0.05, 0) is 18.2 Å². The summed E-state index contributed by atoms with van der Waals surface area (Å²) in [5.41, 5.74) is 2.89. The van der Waals surface area contributed by atoms with Gasteiger partial charge in [0.15, 0.2) is 0 Å². The lowest BCUT2D eigenvalue weighted by molar-refractivity contribution is -0.384. The Labute approximate surface area is 206 Å². The maximum absolute atomic E-state index is 14.4. The molecule has 0 aliphatic rings. The van der Waals surface area contributed by atoms with Crippen molar-refractivity contribution in [3.8, 4) is 0 Å². The average molecular weight is 538 g/mol. The highest BCUT2D eigenvalue weighted by atomic mass is 79.9. The lowest BCUT2D eigenvalue weighted by Gasteiger charge is -2.11. The number of amides is 1. The zero-order chi connectivity index (χ0) is 24.9. The predicted molar refractivity (Wildman–Crippen MR) is 132 cm³/mol. The van der Waals surface area contributed by atoms with E-state index in [-0.39, 0.29) is 24.2 Å². The molecular weight excluding hydrogens is 521 g/mol. The summed E-state index contributed by atoms with van der Waals surface area (Å²) in [7, 11) is 0. The van der Waals surface area contributed by atoms with E-state index in [1.165, 1.54) is 30.5 Å². The van der Waals surface area contributed by atoms with Crippen molar-refractivity contribution in [1.29, 1.82) is 0 Å². The molecule has 1 aromatic heterocycles. The molecule has 9 nitrogen and oxygen atoms in total. The molecule has 35 heavy (non-hydrogen) atoms. The zero-order valence-corrected chi connectivity index (χ0v) is 19.6. The molecule has 0 saturated heterocycles. The first-order valence-corrected chi connectivity index (χ1v) is 11.1. The number of halogens is 2. The summed E-state index contributed by atoms with van der Waals surface area (Å²) in [4.78, 5) is 35.8. The third kappa shape index (κ3) is 5.64. The number of hydrazone groups is 1. The summed E-state index contributed by atoms with van der Waals surface area (Å²) >= 11 is 3.20. The van der Waals surface area contributed by atoms with E-state index in [0.29, 0.717) is 26.5 Å². The minimum Gasteiger partial charge on any atom is -0.273 e. The van der Waals surface area contributed by atoms with Gasteiger partial charge < -0.3 is 0 Å². The van der Waals surface area contributed by atoms with Gasteiger partial charge >= 0.3 is 0 Å². The molecule has 0 fully saturated rings. The predicted octanol–water partition coefficient (Wildman–Crippen LogP) is 3.95. The minimum atomic E-state index is -0.526. The second-order valence-corrected chi connectivity index (χ2v) is 8.43. The Hall–Kier alpha value is -4.25. The van der Waals surface area contributed by atoms with Crippen molar-refractivity contribution >= 4 is 44.5 Å². The van der Waals surface area contributed by atoms with Gasteiger partial charge in [-0.15, -0.1) is 0 Å². The van der Waals surface area contributed by atoms with Crippen LogP contribution in [0.5, 0.6) is 0 Å². The SMILES string of the molecule is O=C(Cc1nn(Cc2ccc(Br)cc2F)c(=O)c2ccccc12)N/N=C/c1cccc([N+](=O)[O-])c1. The van der Waals surface area contributed by atoms with Crippen molar-refractivity contribution in [2.24, 2.45) is 5.10 Å². The molecule has 4 rings (SSSR count). The first-order valence-electron chi connectivity index (χ1n) is 10.3. The van der Waals surface area contributed by atoms with Crippen LogP contribution in [0.2, 0.25) is 0 Å². The quantitative estimate of drug-likeness (QED) is 0.217. The van der Waals surface area contributed by atoms with Crippen molar-refractivity contribution in [2.75, 3.05) is 0 Å². The monoisotopic (exact) mass is 537 g/mol. The van der Waals surface area contributed by atoms with Crippen LogP contribution >= 0.6 is 15.9 Å². The number of fused-ring (bicyclic) bond motifs is 1. The van der Waals surface area contributed by atoms with Crippen LogP contribution in [-0.4, -0.2) is 26.8 Å². The van der Waals surface area contributed by atoms with Crippen LogP contribution < -0.4 is 11.0 Å². The number of hydrogen-bond donors (Lipinski definition) is 1. The highest BCUT2D eigenvalue weighted by Crippen LogP contribution is 2.18. The van der Waals surface area contributed by atoms with Crippen molar-refractivity contribution < 1.29 is 14.1 Å². The van der Waals surface area contributed by atoms with E-state index in [4.69, 9.17) is 0 Å². The highest BCUT2D eigenvalue weighted by Gasteiger charge is 2.15. The van der Waals surface area contributed by atoms with E-state index >= 15 is 0 Å². The summed E-state index contributed by atoms with van der Waals surface area (Å²) in [5.74, 6) is -1.000. The largest absolute Gasteiger partial charge is 0.274 e. The van der Waals surface area contributed by atoms with Gasteiger partial charge in [0.25, 0.3) is 11.2 Å². The molecule has 0 aliphatic carbocycles. The third-order valence-corrected chi connectivity index (χ3v) is 5.58. The lowest BCUT2D eigenvalue weighted by Crippen LogP contribution is -2.28. The van der Waals surface area contributed by atoms with Crippen LogP contribution in [0.25, 0.3) is 10.8 Å². The summed E-state index contributed by atoms with van der Waals surface area (Å²) < 4.78 is 16.0. The number of benzene rings is 3. The highest BCUT2D eigenvalue weighted by molar-refractivity contribution is 9.10. The molecule has 0 unspecified atom stereocenters. The third-order valence-electron chi connectivity index (χ3n) is 5.09. The molecule has 0 aliphatic heterocycles. The molecule has 1 heterocycles. The van der Waals surface area contributed by atoms with E-state index < -0.39 is 22.2 Å². The second kappa shape index (κ2) is 10.3. The van der Waals surface area contributed by atoms with E-state index in [1.807, 2.05) is 0 Å².